The predicted octanol–water partition coefficient (Wildman–Crippen LogP) is 4.80. The summed E-state index contributed by atoms with van der Waals surface area (Å²) in [6.45, 7) is 6.83. The quantitative estimate of drug-likeness (QED) is 0.391. The molecule has 0 radical (unpaired) electrons. The van der Waals surface area contributed by atoms with Gasteiger partial charge in [0.2, 0.25) is 5.75 Å². The monoisotopic (exact) mass is 495 g/mol. The Labute approximate surface area is 201 Å². The van der Waals surface area contributed by atoms with Crippen molar-refractivity contribution in [3.8, 4) is 11.4 Å². The fourth-order valence-corrected chi connectivity index (χ4v) is 4.77. The third-order valence-corrected chi connectivity index (χ3v) is 6.67. The summed E-state index contributed by atoms with van der Waals surface area (Å²) in [6.07, 6.45) is 8.75. The van der Waals surface area contributed by atoms with E-state index in [0.29, 0.717) is 5.69 Å². The number of aromatic nitrogens is 2. The largest absolute Gasteiger partial charge is 0.449 e. The molecule has 0 unspecified atom stereocenters. The van der Waals surface area contributed by atoms with Gasteiger partial charge in [-0.1, -0.05) is 52.4 Å². The molecule has 0 fully saturated rings. The Kier molecular flexibility index (Phi) is 9.07. The van der Waals surface area contributed by atoms with Crippen LogP contribution in [0.2, 0.25) is 0 Å². The number of hydrogen-bond acceptors (Lipinski definition) is 7. The van der Waals surface area contributed by atoms with Gasteiger partial charge in [-0.25, -0.2) is 13.6 Å². The van der Waals surface area contributed by atoms with Crippen molar-refractivity contribution in [3.05, 3.63) is 45.9 Å². The van der Waals surface area contributed by atoms with Gasteiger partial charge in [-0.3, -0.25) is 9.36 Å². The first-order valence-electron chi connectivity index (χ1n) is 12.0. The van der Waals surface area contributed by atoms with E-state index in [1.807, 2.05) is 0 Å². The van der Waals surface area contributed by atoms with Crippen LogP contribution in [0.25, 0.3) is 5.69 Å². The number of benzene rings is 1. The lowest BCUT2D eigenvalue weighted by molar-refractivity contribution is 0.244. The molecular formula is C24H34FN3O5S. The number of fused-ring (bicyclic) bond motifs is 5. The summed E-state index contributed by atoms with van der Waals surface area (Å²) in [6, 6.07) is 4.60. The van der Waals surface area contributed by atoms with Gasteiger partial charge in [0.05, 0.1) is 17.1 Å². The van der Waals surface area contributed by atoms with Crippen LogP contribution in [0.15, 0.2) is 23.0 Å². The number of aryl methyl sites for hydroxylation is 1. The molecule has 10 heteroatoms. The first-order valence-corrected chi connectivity index (χ1v) is 13.4. The van der Waals surface area contributed by atoms with Crippen molar-refractivity contribution < 1.29 is 21.2 Å². The molecule has 3 heterocycles. The molecule has 0 saturated carbocycles. The summed E-state index contributed by atoms with van der Waals surface area (Å²) in [5.41, 5.74) is 0.135. The van der Waals surface area contributed by atoms with E-state index in [0.717, 1.165) is 69.0 Å². The summed E-state index contributed by atoms with van der Waals surface area (Å²) in [5, 5.41) is 0. The van der Waals surface area contributed by atoms with Gasteiger partial charge in [-0.15, -0.1) is 0 Å². The van der Waals surface area contributed by atoms with Gasteiger partial charge in [0.25, 0.3) is 0 Å². The smallest absolute Gasteiger partial charge is 0.369 e. The van der Waals surface area contributed by atoms with Gasteiger partial charge in [-0.2, -0.15) is 8.42 Å². The van der Waals surface area contributed by atoms with Crippen LogP contribution >= 0.6 is 0 Å². The van der Waals surface area contributed by atoms with Crippen molar-refractivity contribution in [3.63, 3.8) is 0 Å². The van der Waals surface area contributed by atoms with Crippen molar-refractivity contribution in [2.24, 2.45) is 0 Å². The standard InChI is InChI=1S/C24H34FN3O5S/c1-4-6-8-10-14-27(15-11-9-7-5-2)21-13-12-19(16-20(21)25)28-22-17-32-34(30,31)33-23(24(28)29)18(3)26-22/h12-13,16H,4-11,14-15,17H2,1-3H3. The summed E-state index contributed by atoms with van der Waals surface area (Å²) in [4.78, 5) is 19.3. The van der Waals surface area contributed by atoms with Crippen LogP contribution in [-0.2, 0) is 21.2 Å². The van der Waals surface area contributed by atoms with Crippen LogP contribution in [-0.4, -0.2) is 31.1 Å². The van der Waals surface area contributed by atoms with E-state index in [2.05, 4.69) is 23.7 Å². The molecule has 4 rings (SSSR count). The van der Waals surface area contributed by atoms with Crippen LogP contribution in [0.5, 0.6) is 5.75 Å². The summed E-state index contributed by atoms with van der Waals surface area (Å²) in [7, 11) is -4.36. The number of anilines is 1. The van der Waals surface area contributed by atoms with Crippen LogP contribution in [0.4, 0.5) is 10.1 Å². The van der Waals surface area contributed by atoms with Gasteiger partial charge in [0.1, 0.15) is 18.2 Å². The van der Waals surface area contributed by atoms with Crippen molar-refractivity contribution in [1.82, 2.24) is 9.55 Å². The number of hydrogen-bond donors (Lipinski definition) is 0. The normalized spacial score (nSPS) is 14.5. The second-order valence-corrected chi connectivity index (χ2v) is 9.80. The van der Waals surface area contributed by atoms with E-state index in [1.54, 1.807) is 12.1 Å². The lowest BCUT2D eigenvalue weighted by Gasteiger charge is -2.26. The second-order valence-electron chi connectivity index (χ2n) is 8.58. The van der Waals surface area contributed by atoms with Gasteiger partial charge in [-0.05, 0) is 31.9 Å². The molecule has 1 aromatic heterocycles. The summed E-state index contributed by atoms with van der Waals surface area (Å²) < 4.78 is 49.7. The maximum atomic E-state index is 15.4. The molecule has 2 aliphatic rings. The molecule has 0 amide bonds. The van der Waals surface area contributed by atoms with Gasteiger partial charge in [0, 0.05) is 19.2 Å². The van der Waals surface area contributed by atoms with E-state index in [1.165, 1.54) is 13.0 Å². The topological polar surface area (TPSA) is 90.7 Å². The molecule has 0 atom stereocenters. The molecule has 188 valence electrons. The number of rotatable bonds is 12. The SMILES string of the molecule is CCCCCCN(CCCCCC)c1ccc(-n2c3nc(C)c(c2=O)OS(=O)(=O)OC3)cc1F. The van der Waals surface area contributed by atoms with E-state index in [9.17, 15) is 13.2 Å². The highest BCUT2D eigenvalue weighted by molar-refractivity contribution is 7.82. The van der Waals surface area contributed by atoms with Crippen molar-refractivity contribution in [2.45, 2.75) is 78.7 Å². The zero-order valence-electron chi connectivity index (χ0n) is 20.2. The van der Waals surface area contributed by atoms with E-state index in [-0.39, 0.29) is 17.2 Å². The average Bonchev–Trinajstić information content (AvgIpc) is 2.79. The number of halogens is 1. The van der Waals surface area contributed by atoms with Crippen LogP contribution in [0.3, 0.4) is 0 Å². The predicted molar refractivity (Wildman–Crippen MR) is 129 cm³/mol. The van der Waals surface area contributed by atoms with Gasteiger partial charge in [0.15, 0.2) is 0 Å². The maximum absolute atomic E-state index is 15.4. The lowest BCUT2D eigenvalue weighted by Crippen LogP contribution is -2.32. The fraction of sp³-hybridized carbons (Fsp3) is 0.583. The molecular weight excluding hydrogens is 461 g/mol. The Bertz CT molecular complexity index is 1140. The Balaban J connectivity index is 1.92. The molecule has 2 bridgehead atoms. The Morgan fingerprint density at radius 2 is 1.71 bits per heavy atom. The van der Waals surface area contributed by atoms with E-state index >= 15 is 4.39 Å². The fourth-order valence-electron chi connectivity index (χ4n) is 4.08. The van der Waals surface area contributed by atoms with Gasteiger partial charge >= 0.3 is 16.0 Å². The maximum Gasteiger partial charge on any atom is 0.449 e. The minimum absolute atomic E-state index is 0.0567. The van der Waals surface area contributed by atoms with Crippen LogP contribution in [0, 0.1) is 12.7 Å². The first-order chi connectivity index (χ1) is 16.3. The minimum atomic E-state index is -4.36. The first kappa shape index (κ1) is 26.2. The van der Waals surface area contributed by atoms with Gasteiger partial charge < -0.3 is 9.08 Å². The molecule has 34 heavy (non-hydrogen) atoms. The Morgan fingerprint density at radius 1 is 1.06 bits per heavy atom. The molecule has 1 aromatic carbocycles. The highest BCUT2D eigenvalue weighted by atomic mass is 32.3. The minimum Gasteiger partial charge on any atom is -0.369 e. The summed E-state index contributed by atoms with van der Waals surface area (Å²) >= 11 is 0. The lowest BCUT2D eigenvalue weighted by atomic mass is 10.1. The molecule has 2 aliphatic heterocycles. The molecule has 0 aliphatic carbocycles. The average molecular weight is 496 g/mol. The third-order valence-electron chi connectivity index (χ3n) is 5.89. The highest BCUT2D eigenvalue weighted by Crippen LogP contribution is 2.26. The van der Waals surface area contributed by atoms with E-state index < -0.39 is 34.1 Å². The van der Waals surface area contributed by atoms with Crippen molar-refractivity contribution in [1.29, 1.82) is 0 Å². The van der Waals surface area contributed by atoms with Crippen LogP contribution in [0.1, 0.15) is 76.7 Å². The molecule has 0 spiro atoms. The molecule has 0 N–H and O–H groups in total. The van der Waals surface area contributed by atoms with E-state index in [4.69, 9.17) is 8.37 Å². The summed E-state index contributed by atoms with van der Waals surface area (Å²) in [5.74, 6) is -0.849. The number of unbranched alkanes of at least 4 members (excludes halogenated alkanes) is 6. The molecule has 8 nitrogen and oxygen atoms in total. The van der Waals surface area contributed by atoms with Crippen LogP contribution < -0.4 is 14.6 Å². The van der Waals surface area contributed by atoms with Crippen molar-refractivity contribution in [2.75, 3.05) is 18.0 Å². The Morgan fingerprint density at radius 3 is 2.29 bits per heavy atom. The molecule has 0 saturated heterocycles. The molecule has 2 aromatic rings. The highest BCUT2D eigenvalue weighted by Gasteiger charge is 2.28. The Hall–Kier alpha value is -2.46. The number of nitrogens with zero attached hydrogens (tertiary/aromatic N) is 3. The zero-order chi connectivity index (χ0) is 24.7. The zero-order valence-corrected chi connectivity index (χ0v) is 21.0. The van der Waals surface area contributed by atoms with Crippen molar-refractivity contribution >= 4 is 16.1 Å². The third kappa shape index (κ3) is 6.35. The second kappa shape index (κ2) is 11.8.